The van der Waals surface area contributed by atoms with E-state index >= 15 is 0 Å². The molecule has 1 atom stereocenters. The van der Waals surface area contributed by atoms with E-state index in [0.29, 0.717) is 5.75 Å². The van der Waals surface area contributed by atoms with Gasteiger partial charge in [0.1, 0.15) is 5.75 Å². The first-order chi connectivity index (χ1) is 9.19. The third-order valence-electron chi connectivity index (χ3n) is 2.63. The second-order valence-electron chi connectivity index (χ2n) is 3.85. The lowest BCUT2D eigenvalue weighted by Gasteiger charge is -2.21. The number of rotatable bonds is 5. The zero-order valence-corrected chi connectivity index (χ0v) is 12.7. The van der Waals surface area contributed by atoms with Crippen LogP contribution in [0.3, 0.4) is 0 Å². The van der Waals surface area contributed by atoms with Crippen molar-refractivity contribution in [1.82, 2.24) is 4.31 Å². The van der Waals surface area contributed by atoms with Gasteiger partial charge in [0, 0.05) is 13.1 Å². The SMILES string of the molecule is CCN(CC)[S+](=O)(CC)c1ccccc1.F[B-](F)(F)F. The van der Waals surface area contributed by atoms with E-state index in [1.54, 1.807) is 0 Å². The maximum atomic E-state index is 12.8. The lowest BCUT2D eigenvalue weighted by molar-refractivity contribution is 0.368. The van der Waals surface area contributed by atoms with Crippen molar-refractivity contribution in [3.8, 4) is 0 Å². The van der Waals surface area contributed by atoms with E-state index in [9.17, 15) is 21.5 Å². The van der Waals surface area contributed by atoms with E-state index in [4.69, 9.17) is 0 Å². The zero-order valence-electron chi connectivity index (χ0n) is 11.9. The monoisotopic (exact) mass is 313 g/mol. The van der Waals surface area contributed by atoms with Crippen LogP contribution in [0, 0.1) is 0 Å². The Balaban J connectivity index is 0.000000621. The largest absolute Gasteiger partial charge is 0.673 e. The molecular formula is C12H20BF4NOS. The topological polar surface area (TPSA) is 20.3 Å². The van der Waals surface area contributed by atoms with Crippen LogP contribution in [-0.4, -0.2) is 30.4 Å². The molecule has 1 rings (SSSR count). The molecule has 20 heavy (non-hydrogen) atoms. The van der Waals surface area contributed by atoms with E-state index in [2.05, 4.69) is 18.2 Å². The van der Waals surface area contributed by atoms with Gasteiger partial charge in [-0.2, -0.15) is 0 Å². The molecule has 2 nitrogen and oxygen atoms in total. The number of nitrogens with zero attached hydrogens (tertiary/aromatic N) is 1. The smallest absolute Gasteiger partial charge is 0.418 e. The average molecular weight is 313 g/mol. The van der Waals surface area contributed by atoms with Gasteiger partial charge in [-0.05, 0) is 32.9 Å². The Morgan fingerprint density at radius 3 is 1.70 bits per heavy atom. The molecule has 116 valence electrons. The Labute approximate surface area is 118 Å². The minimum Gasteiger partial charge on any atom is -0.418 e. The Bertz CT molecular complexity index is 417. The Morgan fingerprint density at radius 2 is 1.40 bits per heavy atom. The standard InChI is InChI=1S/C12H20NOS.BF4/c1-4-13(5-2)15(14,6-3)12-10-8-7-9-11-12;2-1(3,4)5/h7-11H,4-6H2,1-3H3;/q+1;-1. The summed E-state index contributed by atoms with van der Waals surface area (Å²) in [5.41, 5.74) is 0. The minimum absolute atomic E-state index is 0.679. The van der Waals surface area contributed by atoms with Gasteiger partial charge in [-0.1, -0.05) is 22.4 Å². The fourth-order valence-electron chi connectivity index (χ4n) is 1.77. The van der Waals surface area contributed by atoms with Crippen LogP contribution in [-0.2, 0) is 14.3 Å². The molecular weight excluding hydrogens is 293 g/mol. The quantitative estimate of drug-likeness (QED) is 0.455. The summed E-state index contributed by atoms with van der Waals surface area (Å²) in [5, 5.41) is 0. The van der Waals surface area contributed by atoms with Gasteiger partial charge in [0.25, 0.3) is 0 Å². The molecule has 0 spiro atoms. The van der Waals surface area contributed by atoms with Crippen LogP contribution in [0.1, 0.15) is 20.8 Å². The van der Waals surface area contributed by atoms with Gasteiger partial charge in [-0.3, -0.25) is 0 Å². The van der Waals surface area contributed by atoms with E-state index < -0.39 is 17.4 Å². The van der Waals surface area contributed by atoms with Crippen molar-refractivity contribution in [2.45, 2.75) is 25.7 Å². The number of hydrogen-bond acceptors (Lipinski definition) is 1. The predicted octanol–water partition coefficient (Wildman–Crippen LogP) is 4.12. The summed E-state index contributed by atoms with van der Waals surface area (Å²) in [6, 6.07) is 9.79. The number of benzene rings is 1. The summed E-state index contributed by atoms with van der Waals surface area (Å²) in [6.45, 7) is 7.77. The molecule has 1 aromatic rings. The van der Waals surface area contributed by atoms with Gasteiger partial charge in [0.15, 0.2) is 15.0 Å². The van der Waals surface area contributed by atoms with Crippen LogP contribution in [0.15, 0.2) is 35.2 Å². The fraction of sp³-hybridized carbons (Fsp3) is 0.500. The molecule has 0 aliphatic rings. The van der Waals surface area contributed by atoms with Crippen molar-refractivity contribution in [3.63, 3.8) is 0 Å². The molecule has 0 heterocycles. The molecule has 0 bridgehead atoms. The number of hydrogen-bond donors (Lipinski definition) is 0. The summed E-state index contributed by atoms with van der Waals surface area (Å²) in [4.78, 5) is 0.955. The summed E-state index contributed by atoms with van der Waals surface area (Å²) in [5.74, 6) is 0.679. The average Bonchev–Trinajstić information content (AvgIpc) is 2.39. The summed E-state index contributed by atoms with van der Waals surface area (Å²) < 4.78 is 53.9. The van der Waals surface area contributed by atoms with Crippen LogP contribution >= 0.6 is 0 Å². The van der Waals surface area contributed by atoms with Crippen LogP contribution in [0.5, 0.6) is 0 Å². The normalized spacial score (nSPS) is 14.4. The highest BCUT2D eigenvalue weighted by atomic mass is 32.3. The Morgan fingerprint density at radius 1 is 1.00 bits per heavy atom. The van der Waals surface area contributed by atoms with Gasteiger partial charge < -0.3 is 17.3 Å². The van der Waals surface area contributed by atoms with Gasteiger partial charge >= 0.3 is 7.25 Å². The third kappa shape index (κ3) is 6.52. The Hall–Kier alpha value is -0.885. The lowest BCUT2D eigenvalue weighted by Crippen LogP contribution is -2.37. The van der Waals surface area contributed by atoms with Crippen LogP contribution in [0.4, 0.5) is 17.3 Å². The third-order valence-corrected chi connectivity index (χ3v) is 5.77. The molecule has 0 aromatic heterocycles. The van der Waals surface area contributed by atoms with E-state index in [1.807, 2.05) is 37.3 Å². The van der Waals surface area contributed by atoms with E-state index in [1.165, 1.54) is 0 Å². The van der Waals surface area contributed by atoms with Gasteiger partial charge in [0.2, 0.25) is 0 Å². The molecule has 1 unspecified atom stereocenters. The second-order valence-corrected chi connectivity index (χ2v) is 6.70. The van der Waals surface area contributed by atoms with E-state index in [0.717, 1.165) is 18.0 Å². The lowest BCUT2D eigenvalue weighted by atomic mass is 10.3. The first-order valence-electron chi connectivity index (χ1n) is 6.38. The van der Waals surface area contributed by atoms with Gasteiger partial charge in [0.05, 0.1) is 0 Å². The molecule has 0 amide bonds. The summed E-state index contributed by atoms with van der Waals surface area (Å²) in [6.07, 6.45) is 0. The zero-order chi connectivity index (χ0) is 15.8. The van der Waals surface area contributed by atoms with E-state index in [-0.39, 0.29) is 0 Å². The summed E-state index contributed by atoms with van der Waals surface area (Å²) in [7, 11) is -8.01. The van der Waals surface area contributed by atoms with Crippen molar-refractivity contribution in [3.05, 3.63) is 30.3 Å². The Kier molecular flexibility index (Phi) is 8.04. The van der Waals surface area contributed by atoms with Crippen LogP contribution in [0.25, 0.3) is 0 Å². The first-order valence-corrected chi connectivity index (χ1v) is 8.06. The molecule has 0 N–H and O–H groups in total. The molecule has 0 aliphatic carbocycles. The fourth-order valence-corrected chi connectivity index (χ4v) is 4.19. The molecule has 0 saturated carbocycles. The second kappa shape index (κ2) is 8.41. The number of halogens is 4. The molecule has 0 saturated heterocycles. The molecule has 1 aromatic carbocycles. The highest BCUT2D eigenvalue weighted by molar-refractivity contribution is 8.00. The van der Waals surface area contributed by atoms with Crippen LogP contribution < -0.4 is 0 Å². The highest BCUT2D eigenvalue weighted by Crippen LogP contribution is 2.23. The highest BCUT2D eigenvalue weighted by Gasteiger charge is 2.35. The molecule has 0 radical (unpaired) electrons. The minimum atomic E-state index is -6.00. The van der Waals surface area contributed by atoms with Gasteiger partial charge in [-0.25, -0.2) is 0 Å². The maximum Gasteiger partial charge on any atom is 0.673 e. The molecule has 0 aliphatic heterocycles. The van der Waals surface area contributed by atoms with Crippen molar-refractivity contribution in [1.29, 1.82) is 0 Å². The van der Waals surface area contributed by atoms with Crippen LogP contribution in [0.2, 0.25) is 0 Å². The predicted molar refractivity (Wildman–Crippen MR) is 76.4 cm³/mol. The van der Waals surface area contributed by atoms with Crippen molar-refractivity contribution in [2.75, 3.05) is 18.8 Å². The van der Waals surface area contributed by atoms with Crippen molar-refractivity contribution >= 4 is 17.4 Å². The first kappa shape index (κ1) is 19.1. The maximum absolute atomic E-state index is 12.8. The van der Waals surface area contributed by atoms with Gasteiger partial charge in [-0.15, -0.1) is 4.31 Å². The van der Waals surface area contributed by atoms with Crippen molar-refractivity contribution in [2.24, 2.45) is 0 Å². The van der Waals surface area contributed by atoms with Crippen molar-refractivity contribution < 1.29 is 21.5 Å². The molecule has 0 fully saturated rings. The summed E-state index contributed by atoms with van der Waals surface area (Å²) >= 11 is 0. The molecule has 8 heteroatoms.